The molecule has 1 unspecified atom stereocenters. The van der Waals surface area contributed by atoms with Gasteiger partial charge in [0.05, 0.1) is 19.1 Å². The number of benzene rings is 1. The van der Waals surface area contributed by atoms with Crippen LogP contribution in [-0.4, -0.2) is 73.3 Å². The summed E-state index contributed by atoms with van der Waals surface area (Å²) in [4.78, 5) is 52.3. The standard InChI is InChI=1S/C25H37N3O5/c1-6-33-24(32)19-8-7-15-28(16-19)22(30)17-27(5)21(29)13-14-26-23(31)18-9-11-20(12-10-18)25(2,3)4/h9-12,19H,6-8,13-17H2,1-5H3,(H,26,31). The lowest BCUT2D eigenvalue weighted by molar-refractivity contribution is -0.152. The third-order valence-corrected chi connectivity index (χ3v) is 5.83. The molecule has 1 aliphatic heterocycles. The van der Waals surface area contributed by atoms with E-state index >= 15 is 0 Å². The Balaban J connectivity index is 1.77. The summed E-state index contributed by atoms with van der Waals surface area (Å²) in [6.07, 6.45) is 1.53. The largest absolute Gasteiger partial charge is 0.466 e. The van der Waals surface area contributed by atoms with E-state index in [1.165, 1.54) is 4.90 Å². The number of rotatable bonds is 8. The lowest BCUT2D eigenvalue weighted by Crippen LogP contribution is -2.47. The fourth-order valence-corrected chi connectivity index (χ4v) is 3.74. The smallest absolute Gasteiger partial charge is 0.310 e. The molecule has 33 heavy (non-hydrogen) atoms. The van der Waals surface area contributed by atoms with Crippen LogP contribution >= 0.6 is 0 Å². The van der Waals surface area contributed by atoms with Crippen molar-refractivity contribution in [2.24, 2.45) is 5.92 Å². The number of ether oxygens (including phenoxy) is 1. The van der Waals surface area contributed by atoms with Crippen molar-refractivity contribution >= 4 is 23.7 Å². The Labute approximate surface area is 196 Å². The maximum absolute atomic E-state index is 12.6. The number of likely N-dealkylation sites (tertiary alicyclic amines) is 1. The third kappa shape index (κ3) is 7.87. The van der Waals surface area contributed by atoms with Crippen LogP contribution in [0.4, 0.5) is 0 Å². The molecule has 0 aliphatic carbocycles. The molecule has 1 aliphatic rings. The molecule has 8 heteroatoms. The third-order valence-electron chi connectivity index (χ3n) is 5.83. The fraction of sp³-hybridized carbons (Fsp3) is 0.600. The summed E-state index contributed by atoms with van der Waals surface area (Å²) in [5.41, 5.74) is 1.69. The van der Waals surface area contributed by atoms with E-state index in [2.05, 4.69) is 26.1 Å². The summed E-state index contributed by atoms with van der Waals surface area (Å²) in [6, 6.07) is 7.44. The highest BCUT2D eigenvalue weighted by Crippen LogP contribution is 2.22. The van der Waals surface area contributed by atoms with Gasteiger partial charge in [-0.15, -0.1) is 0 Å². The van der Waals surface area contributed by atoms with E-state index in [0.717, 1.165) is 12.0 Å². The van der Waals surface area contributed by atoms with Crippen molar-refractivity contribution in [3.63, 3.8) is 0 Å². The van der Waals surface area contributed by atoms with Gasteiger partial charge in [0, 0.05) is 38.7 Å². The molecule has 0 radical (unpaired) electrons. The number of piperidine rings is 1. The molecule has 1 aromatic carbocycles. The summed E-state index contributed by atoms with van der Waals surface area (Å²) in [5, 5.41) is 2.76. The number of nitrogens with one attached hydrogen (secondary N) is 1. The molecule has 0 saturated carbocycles. The molecule has 1 saturated heterocycles. The number of nitrogens with zero attached hydrogens (tertiary/aromatic N) is 2. The average molecular weight is 460 g/mol. The monoisotopic (exact) mass is 459 g/mol. The van der Waals surface area contributed by atoms with Crippen molar-refractivity contribution < 1.29 is 23.9 Å². The fourth-order valence-electron chi connectivity index (χ4n) is 3.74. The number of carbonyl (C=O) groups excluding carboxylic acids is 4. The highest BCUT2D eigenvalue weighted by atomic mass is 16.5. The molecular weight excluding hydrogens is 422 g/mol. The molecule has 1 aromatic rings. The van der Waals surface area contributed by atoms with E-state index in [1.54, 1.807) is 31.0 Å². The van der Waals surface area contributed by atoms with Crippen LogP contribution in [0, 0.1) is 5.92 Å². The van der Waals surface area contributed by atoms with Crippen molar-refractivity contribution in [3.8, 4) is 0 Å². The van der Waals surface area contributed by atoms with Crippen molar-refractivity contribution in [3.05, 3.63) is 35.4 Å². The number of hydrogen-bond donors (Lipinski definition) is 1. The number of amides is 3. The van der Waals surface area contributed by atoms with Crippen LogP contribution in [0.15, 0.2) is 24.3 Å². The van der Waals surface area contributed by atoms with Gasteiger partial charge in [-0.1, -0.05) is 32.9 Å². The van der Waals surface area contributed by atoms with Gasteiger partial charge in [-0.2, -0.15) is 0 Å². The van der Waals surface area contributed by atoms with Crippen LogP contribution in [0.1, 0.15) is 62.9 Å². The summed E-state index contributed by atoms with van der Waals surface area (Å²) < 4.78 is 5.07. The van der Waals surface area contributed by atoms with E-state index in [4.69, 9.17) is 4.74 Å². The van der Waals surface area contributed by atoms with Crippen LogP contribution in [0.2, 0.25) is 0 Å². The van der Waals surface area contributed by atoms with Crippen molar-refractivity contribution in [2.75, 3.05) is 39.8 Å². The maximum atomic E-state index is 12.6. The molecule has 0 aromatic heterocycles. The lowest BCUT2D eigenvalue weighted by atomic mass is 9.87. The second-order valence-corrected chi connectivity index (χ2v) is 9.51. The molecule has 0 bridgehead atoms. The molecule has 2 rings (SSSR count). The minimum atomic E-state index is -0.309. The van der Waals surface area contributed by atoms with Gasteiger partial charge in [0.2, 0.25) is 11.8 Å². The molecule has 3 amide bonds. The molecule has 182 valence electrons. The topological polar surface area (TPSA) is 96.0 Å². The molecular formula is C25H37N3O5. The van der Waals surface area contributed by atoms with Crippen molar-refractivity contribution in [1.29, 1.82) is 0 Å². The zero-order chi connectivity index (χ0) is 24.6. The van der Waals surface area contributed by atoms with Gasteiger partial charge in [-0.3, -0.25) is 19.2 Å². The first-order chi connectivity index (χ1) is 15.5. The Morgan fingerprint density at radius 3 is 2.42 bits per heavy atom. The van der Waals surface area contributed by atoms with Crippen LogP contribution < -0.4 is 5.32 Å². The SMILES string of the molecule is CCOC(=O)C1CCCN(C(=O)CN(C)C(=O)CCNC(=O)c2ccc(C(C)(C)C)cc2)C1. The van der Waals surface area contributed by atoms with Gasteiger partial charge in [0.15, 0.2) is 0 Å². The normalized spacial score (nSPS) is 16.2. The van der Waals surface area contributed by atoms with E-state index in [9.17, 15) is 19.2 Å². The van der Waals surface area contributed by atoms with Gasteiger partial charge in [0.25, 0.3) is 5.91 Å². The second kappa shape index (κ2) is 11.8. The highest BCUT2D eigenvalue weighted by Gasteiger charge is 2.30. The first kappa shape index (κ1) is 26.4. The molecule has 1 fully saturated rings. The summed E-state index contributed by atoms with van der Waals surface area (Å²) in [7, 11) is 1.57. The predicted molar refractivity (Wildman–Crippen MR) is 126 cm³/mol. The Morgan fingerprint density at radius 2 is 1.82 bits per heavy atom. The Bertz CT molecular complexity index is 845. The van der Waals surface area contributed by atoms with Crippen LogP contribution in [-0.2, 0) is 24.5 Å². The Hall–Kier alpha value is -2.90. The summed E-state index contributed by atoms with van der Waals surface area (Å²) in [6.45, 7) is 9.43. The predicted octanol–water partition coefficient (Wildman–Crippen LogP) is 2.36. The Kier molecular flexibility index (Phi) is 9.44. The molecule has 8 nitrogen and oxygen atoms in total. The minimum Gasteiger partial charge on any atom is -0.466 e. The summed E-state index contributed by atoms with van der Waals surface area (Å²) in [5.74, 6) is -1.24. The molecule has 1 N–H and O–H groups in total. The molecule has 1 atom stereocenters. The first-order valence-electron chi connectivity index (χ1n) is 11.6. The quantitative estimate of drug-likeness (QED) is 0.602. The lowest BCUT2D eigenvalue weighted by Gasteiger charge is -2.32. The molecule has 0 spiro atoms. The van der Waals surface area contributed by atoms with E-state index < -0.39 is 0 Å². The number of carbonyl (C=O) groups is 4. The van der Waals surface area contributed by atoms with E-state index in [0.29, 0.717) is 31.7 Å². The minimum absolute atomic E-state index is 0.0113. The van der Waals surface area contributed by atoms with E-state index in [-0.39, 0.29) is 54.5 Å². The zero-order valence-corrected chi connectivity index (χ0v) is 20.5. The maximum Gasteiger partial charge on any atom is 0.310 e. The van der Waals surface area contributed by atoms with Crippen molar-refractivity contribution in [2.45, 2.75) is 52.4 Å². The van der Waals surface area contributed by atoms with E-state index in [1.807, 2.05) is 12.1 Å². The van der Waals surface area contributed by atoms with Crippen LogP contribution in [0.5, 0.6) is 0 Å². The number of hydrogen-bond acceptors (Lipinski definition) is 5. The number of esters is 1. The van der Waals surface area contributed by atoms with Crippen LogP contribution in [0.3, 0.4) is 0 Å². The van der Waals surface area contributed by atoms with Gasteiger partial charge in [0.1, 0.15) is 0 Å². The first-order valence-corrected chi connectivity index (χ1v) is 11.6. The van der Waals surface area contributed by atoms with Crippen LogP contribution in [0.25, 0.3) is 0 Å². The van der Waals surface area contributed by atoms with Gasteiger partial charge in [-0.25, -0.2) is 0 Å². The molecule has 1 heterocycles. The summed E-state index contributed by atoms with van der Waals surface area (Å²) >= 11 is 0. The number of likely N-dealkylation sites (N-methyl/N-ethyl adjacent to an activating group) is 1. The Morgan fingerprint density at radius 1 is 1.15 bits per heavy atom. The van der Waals surface area contributed by atoms with Gasteiger partial charge >= 0.3 is 5.97 Å². The van der Waals surface area contributed by atoms with Gasteiger partial charge < -0.3 is 19.9 Å². The zero-order valence-electron chi connectivity index (χ0n) is 20.5. The highest BCUT2D eigenvalue weighted by molar-refractivity contribution is 5.94. The van der Waals surface area contributed by atoms with Gasteiger partial charge in [-0.05, 0) is 42.9 Å². The van der Waals surface area contributed by atoms with Crippen molar-refractivity contribution in [1.82, 2.24) is 15.1 Å². The second-order valence-electron chi connectivity index (χ2n) is 9.51. The average Bonchev–Trinajstić information content (AvgIpc) is 2.78.